The smallest absolute Gasteiger partial charge is 0.280 e. The van der Waals surface area contributed by atoms with E-state index in [4.69, 9.17) is 10.7 Å². The van der Waals surface area contributed by atoms with Crippen LogP contribution in [0.25, 0.3) is 0 Å². The molecule has 0 bridgehead atoms. The third-order valence-corrected chi connectivity index (χ3v) is 3.99. The largest absolute Gasteiger partial charge is 0.352 e. The highest BCUT2D eigenvalue weighted by Crippen LogP contribution is 2.19. The van der Waals surface area contributed by atoms with Gasteiger partial charge in [0.25, 0.3) is 9.05 Å². The van der Waals surface area contributed by atoms with Gasteiger partial charge in [0.15, 0.2) is 5.03 Å². The second-order valence-corrected chi connectivity index (χ2v) is 7.17. The fourth-order valence-electron chi connectivity index (χ4n) is 1.76. The SMILES string of the molecule is CCCc1nc(S(=O)(=O)Cl)cn1CC(=O)NC1CC1. The van der Waals surface area contributed by atoms with Crippen molar-refractivity contribution in [2.24, 2.45) is 0 Å². The summed E-state index contributed by atoms with van der Waals surface area (Å²) in [6.07, 6.45) is 4.75. The first kappa shape index (κ1) is 14.3. The van der Waals surface area contributed by atoms with Crippen LogP contribution in [0, 0.1) is 0 Å². The molecule has 1 aliphatic carbocycles. The molecule has 1 amide bonds. The number of amides is 1. The number of imidazole rings is 1. The summed E-state index contributed by atoms with van der Waals surface area (Å²) in [6.45, 7) is 2.03. The molecule has 1 aromatic rings. The van der Waals surface area contributed by atoms with Crippen LogP contribution in [-0.2, 0) is 26.8 Å². The maximum atomic E-state index is 11.7. The Morgan fingerprint density at radius 3 is 2.79 bits per heavy atom. The topological polar surface area (TPSA) is 81.1 Å². The molecular weight excluding hydrogens is 290 g/mol. The Balaban J connectivity index is 2.16. The Morgan fingerprint density at radius 2 is 2.26 bits per heavy atom. The normalized spacial score (nSPS) is 15.5. The molecule has 0 aliphatic heterocycles. The second kappa shape index (κ2) is 5.50. The second-order valence-electron chi connectivity index (χ2n) is 4.65. The van der Waals surface area contributed by atoms with Gasteiger partial charge in [-0.15, -0.1) is 0 Å². The number of hydrogen-bond acceptors (Lipinski definition) is 4. The molecule has 106 valence electrons. The van der Waals surface area contributed by atoms with Crippen LogP contribution in [0.2, 0.25) is 0 Å². The van der Waals surface area contributed by atoms with Crippen molar-refractivity contribution in [3.8, 4) is 0 Å². The van der Waals surface area contributed by atoms with Gasteiger partial charge in [-0.25, -0.2) is 13.4 Å². The maximum absolute atomic E-state index is 11.7. The zero-order valence-corrected chi connectivity index (χ0v) is 12.2. The highest BCUT2D eigenvalue weighted by molar-refractivity contribution is 8.13. The molecule has 0 spiro atoms. The highest BCUT2D eigenvalue weighted by Gasteiger charge is 2.24. The zero-order chi connectivity index (χ0) is 14.0. The molecule has 0 saturated heterocycles. The third kappa shape index (κ3) is 3.94. The number of halogens is 1. The number of carbonyl (C=O) groups is 1. The van der Waals surface area contributed by atoms with E-state index in [0.29, 0.717) is 12.2 Å². The Hall–Kier alpha value is -1.08. The Kier molecular flexibility index (Phi) is 4.15. The molecule has 19 heavy (non-hydrogen) atoms. The van der Waals surface area contributed by atoms with E-state index in [2.05, 4.69) is 10.3 Å². The highest BCUT2D eigenvalue weighted by atomic mass is 35.7. The van der Waals surface area contributed by atoms with Crippen molar-refractivity contribution in [1.82, 2.24) is 14.9 Å². The Bertz CT molecular complexity index is 578. The molecule has 2 rings (SSSR count). The van der Waals surface area contributed by atoms with E-state index in [0.717, 1.165) is 19.3 Å². The fraction of sp³-hybridized carbons (Fsp3) is 0.636. The maximum Gasteiger partial charge on any atom is 0.280 e. The van der Waals surface area contributed by atoms with E-state index >= 15 is 0 Å². The van der Waals surface area contributed by atoms with Gasteiger partial charge in [0.05, 0.1) is 0 Å². The van der Waals surface area contributed by atoms with Gasteiger partial charge in [0.1, 0.15) is 12.4 Å². The minimum Gasteiger partial charge on any atom is -0.352 e. The van der Waals surface area contributed by atoms with E-state index < -0.39 is 9.05 Å². The lowest BCUT2D eigenvalue weighted by atomic mass is 10.3. The van der Waals surface area contributed by atoms with Gasteiger partial charge in [-0.05, 0) is 19.3 Å². The molecule has 0 radical (unpaired) electrons. The number of hydrogen-bond donors (Lipinski definition) is 1. The van der Waals surface area contributed by atoms with Crippen LogP contribution in [0.3, 0.4) is 0 Å². The van der Waals surface area contributed by atoms with Gasteiger partial charge in [-0.3, -0.25) is 4.79 Å². The van der Waals surface area contributed by atoms with E-state index in [-0.39, 0.29) is 23.5 Å². The summed E-state index contributed by atoms with van der Waals surface area (Å²) in [7, 11) is 1.41. The summed E-state index contributed by atoms with van der Waals surface area (Å²) >= 11 is 0. The Morgan fingerprint density at radius 1 is 1.58 bits per heavy atom. The van der Waals surface area contributed by atoms with Gasteiger partial charge < -0.3 is 9.88 Å². The van der Waals surface area contributed by atoms with E-state index in [1.165, 1.54) is 6.20 Å². The van der Waals surface area contributed by atoms with Crippen LogP contribution >= 0.6 is 10.7 Å². The molecule has 0 atom stereocenters. The van der Waals surface area contributed by atoms with Crippen molar-refractivity contribution >= 4 is 25.6 Å². The molecule has 1 saturated carbocycles. The predicted octanol–water partition coefficient (Wildman–Crippen LogP) is 1.04. The van der Waals surface area contributed by atoms with Crippen LogP contribution in [0.4, 0.5) is 0 Å². The molecular formula is C11H16ClN3O3S. The quantitative estimate of drug-likeness (QED) is 0.796. The minimum absolute atomic E-state index is 0.0746. The predicted molar refractivity (Wildman–Crippen MR) is 70.4 cm³/mol. The average Bonchev–Trinajstić information content (AvgIpc) is 3.00. The van der Waals surface area contributed by atoms with Crippen LogP contribution in [0.15, 0.2) is 11.2 Å². The van der Waals surface area contributed by atoms with Crippen LogP contribution < -0.4 is 5.32 Å². The number of carbonyl (C=O) groups excluding carboxylic acids is 1. The van der Waals surface area contributed by atoms with Crippen LogP contribution in [0.1, 0.15) is 32.0 Å². The third-order valence-electron chi connectivity index (χ3n) is 2.82. The molecule has 1 fully saturated rings. The summed E-state index contributed by atoms with van der Waals surface area (Å²) in [5, 5.41) is 2.65. The lowest BCUT2D eigenvalue weighted by molar-refractivity contribution is -0.121. The lowest BCUT2D eigenvalue weighted by Crippen LogP contribution is -2.29. The van der Waals surface area contributed by atoms with Gasteiger partial charge in [0.2, 0.25) is 5.91 Å². The number of nitrogens with zero attached hydrogens (tertiary/aromatic N) is 2. The number of rotatable bonds is 6. The molecule has 0 aromatic carbocycles. The lowest BCUT2D eigenvalue weighted by Gasteiger charge is -2.07. The summed E-state index contributed by atoms with van der Waals surface area (Å²) in [6, 6.07) is 0.280. The van der Waals surface area contributed by atoms with Crippen molar-refractivity contribution in [2.45, 2.75) is 50.2 Å². The molecule has 1 heterocycles. The Labute approximate surface area is 116 Å². The van der Waals surface area contributed by atoms with E-state index in [1.54, 1.807) is 4.57 Å². The van der Waals surface area contributed by atoms with Crippen LogP contribution in [-0.4, -0.2) is 29.9 Å². The molecule has 1 aliphatic rings. The fourth-order valence-corrected chi connectivity index (χ4v) is 2.45. The monoisotopic (exact) mass is 305 g/mol. The number of nitrogens with one attached hydrogen (secondary N) is 1. The molecule has 0 unspecified atom stereocenters. The van der Waals surface area contributed by atoms with Gasteiger partial charge >= 0.3 is 0 Å². The summed E-state index contributed by atoms with van der Waals surface area (Å²) < 4.78 is 24.1. The van der Waals surface area contributed by atoms with E-state index in [9.17, 15) is 13.2 Å². The first-order valence-electron chi connectivity index (χ1n) is 6.20. The zero-order valence-electron chi connectivity index (χ0n) is 10.6. The van der Waals surface area contributed by atoms with Crippen molar-refractivity contribution in [3.63, 3.8) is 0 Å². The average molecular weight is 306 g/mol. The minimum atomic E-state index is -3.86. The van der Waals surface area contributed by atoms with Gasteiger partial charge in [-0.2, -0.15) is 0 Å². The van der Waals surface area contributed by atoms with Crippen molar-refractivity contribution < 1.29 is 13.2 Å². The van der Waals surface area contributed by atoms with E-state index in [1.807, 2.05) is 6.92 Å². The van der Waals surface area contributed by atoms with Crippen LogP contribution in [0.5, 0.6) is 0 Å². The van der Waals surface area contributed by atoms with Gasteiger partial charge in [-0.1, -0.05) is 6.92 Å². The first-order chi connectivity index (χ1) is 8.90. The van der Waals surface area contributed by atoms with Gasteiger partial charge in [0, 0.05) is 29.3 Å². The molecule has 1 N–H and O–H groups in total. The van der Waals surface area contributed by atoms with Crippen molar-refractivity contribution in [2.75, 3.05) is 0 Å². The number of aromatic nitrogens is 2. The van der Waals surface area contributed by atoms with Crippen molar-refractivity contribution in [3.05, 3.63) is 12.0 Å². The summed E-state index contributed by atoms with van der Waals surface area (Å²) in [5.74, 6) is 0.434. The number of aryl methyl sites for hydroxylation is 1. The standard InChI is InChI=1S/C11H16ClN3O3S/c1-2-3-9-14-11(19(12,17)18)7-15(9)6-10(16)13-8-4-5-8/h7-8H,2-6H2,1H3,(H,13,16). The first-order valence-corrected chi connectivity index (χ1v) is 8.51. The summed E-state index contributed by atoms with van der Waals surface area (Å²) in [5.41, 5.74) is 0. The molecule has 6 nitrogen and oxygen atoms in total. The van der Waals surface area contributed by atoms with Crippen molar-refractivity contribution in [1.29, 1.82) is 0 Å². The molecule has 8 heteroatoms. The molecule has 1 aromatic heterocycles. The summed E-state index contributed by atoms with van der Waals surface area (Å²) in [4.78, 5) is 15.7.